The van der Waals surface area contributed by atoms with Gasteiger partial charge in [0, 0.05) is 24.3 Å². The number of nitrogens with zero attached hydrogens (tertiary/aromatic N) is 1. The maximum absolute atomic E-state index is 12.5. The minimum Gasteiger partial charge on any atom is -0.465 e. The summed E-state index contributed by atoms with van der Waals surface area (Å²) in [6.07, 6.45) is 0. The summed E-state index contributed by atoms with van der Waals surface area (Å²) in [5.74, 6) is -1.19. The average Bonchev–Trinajstić information content (AvgIpc) is 3.14. The molecule has 1 aromatic heterocycles. The van der Waals surface area contributed by atoms with Crippen LogP contribution < -0.4 is 10.6 Å². The number of ether oxygens (including phenoxy) is 3. The smallest absolute Gasteiger partial charge is 0.348 e. The summed E-state index contributed by atoms with van der Waals surface area (Å²) in [6.45, 7) is 3.87. The lowest BCUT2D eigenvalue weighted by Crippen LogP contribution is -2.40. The quantitative estimate of drug-likeness (QED) is 0.497. The van der Waals surface area contributed by atoms with E-state index in [0.29, 0.717) is 48.1 Å². The summed E-state index contributed by atoms with van der Waals surface area (Å²) in [5.41, 5.74) is 1.89. The van der Waals surface area contributed by atoms with E-state index in [4.69, 9.17) is 26.4 Å². The zero-order valence-corrected chi connectivity index (χ0v) is 19.5. The Kier molecular flexibility index (Phi) is 7.78. The molecule has 1 aliphatic rings. The van der Waals surface area contributed by atoms with Gasteiger partial charge in [0.05, 0.1) is 33.0 Å². The number of esters is 2. The first kappa shape index (κ1) is 23.6. The fourth-order valence-electron chi connectivity index (χ4n) is 3.15. The van der Waals surface area contributed by atoms with Gasteiger partial charge in [0.1, 0.15) is 9.88 Å². The van der Waals surface area contributed by atoms with Crippen molar-refractivity contribution < 1.29 is 28.6 Å². The van der Waals surface area contributed by atoms with Gasteiger partial charge in [0.25, 0.3) is 5.91 Å². The number of hydrogen-bond donors (Lipinski definition) is 2. The summed E-state index contributed by atoms with van der Waals surface area (Å²) in [5, 5.41) is 6.53. The van der Waals surface area contributed by atoms with Crippen LogP contribution in [0.4, 0.5) is 10.7 Å². The normalized spacial score (nSPS) is 13.3. The lowest BCUT2D eigenvalue weighted by molar-refractivity contribution is 0.0303. The molecular weight excluding hydrogens is 454 g/mol. The molecule has 0 saturated carbocycles. The van der Waals surface area contributed by atoms with Gasteiger partial charge in [0.2, 0.25) is 0 Å². The molecule has 0 radical (unpaired) electrons. The van der Waals surface area contributed by atoms with Gasteiger partial charge in [0.15, 0.2) is 5.11 Å². The Balaban J connectivity index is 1.71. The zero-order valence-electron chi connectivity index (χ0n) is 17.9. The molecule has 2 aromatic rings. The SMILES string of the molecule is COC(=O)c1sc(NC(=S)Nc2ccc(C(=O)N3CCOCC3)cc2)c(C(=O)OC)c1C. The van der Waals surface area contributed by atoms with Crippen LogP contribution in [0, 0.1) is 6.92 Å². The second kappa shape index (κ2) is 10.5. The average molecular weight is 478 g/mol. The maximum atomic E-state index is 12.5. The molecule has 1 amide bonds. The van der Waals surface area contributed by atoms with Gasteiger partial charge in [-0.1, -0.05) is 0 Å². The number of nitrogens with one attached hydrogen (secondary N) is 2. The number of anilines is 2. The first-order chi connectivity index (χ1) is 15.3. The topological polar surface area (TPSA) is 106 Å². The summed E-state index contributed by atoms with van der Waals surface area (Å²) >= 11 is 6.41. The zero-order chi connectivity index (χ0) is 23.3. The van der Waals surface area contributed by atoms with Crippen LogP contribution in [0.5, 0.6) is 0 Å². The summed E-state index contributed by atoms with van der Waals surface area (Å²) < 4.78 is 14.9. The Morgan fingerprint density at radius 2 is 1.66 bits per heavy atom. The number of carbonyl (C=O) groups excluding carboxylic acids is 3. The van der Waals surface area contributed by atoms with Gasteiger partial charge in [-0.25, -0.2) is 9.59 Å². The van der Waals surface area contributed by atoms with Crippen LogP contribution in [0.1, 0.15) is 36.0 Å². The van der Waals surface area contributed by atoms with Crippen molar-refractivity contribution in [3.05, 3.63) is 45.8 Å². The summed E-state index contributed by atoms with van der Waals surface area (Å²) in [4.78, 5) is 38.8. The fraction of sp³-hybridized carbons (Fsp3) is 0.333. The van der Waals surface area contributed by atoms with Crippen LogP contribution in [0.25, 0.3) is 0 Å². The van der Waals surface area contributed by atoms with Crippen molar-refractivity contribution in [1.82, 2.24) is 4.90 Å². The van der Waals surface area contributed by atoms with Gasteiger partial charge < -0.3 is 29.7 Å². The van der Waals surface area contributed by atoms with Crippen LogP contribution in [0.3, 0.4) is 0 Å². The van der Waals surface area contributed by atoms with E-state index in [2.05, 4.69) is 10.6 Å². The third-order valence-corrected chi connectivity index (χ3v) is 6.21. The number of thiophene rings is 1. The first-order valence-corrected chi connectivity index (χ1v) is 10.9. The molecule has 9 nitrogen and oxygen atoms in total. The van der Waals surface area contributed by atoms with Crippen molar-refractivity contribution in [1.29, 1.82) is 0 Å². The molecule has 11 heteroatoms. The first-order valence-electron chi connectivity index (χ1n) is 9.70. The highest BCUT2D eigenvalue weighted by atomic mass is 32.1. The minimum absolute atomic E-state index is 0.0485. The molecule has 2 N–H and O–H groups in total. The predicted molar refractivity (Wildman–Crippen MR) is 125 cm³/mol. The van der Waals surface area contributed by atoms with E-state index in [1.807, 2.05) is 0 Å². The second-order valence-electron chi connectivity index (χ2n) is 6.80. The van der Waals surface area contributed by atoms with Crippen molar-refractivity contribution in [3.63, 3.8) is 0 Å². The third kappa shape index (κ3) is 5.23. The molecule has 1 aliphatic heterocycles. The van der Waals surface area contributed by atoms with Crippen molar-refractivity contribution in [2.75, 3.05) is 51.2 Å². The molecule has 0 unspecified atom stereocenters. The Morgan fingerprint density at radius 1 is 1.03 bits per heavy atom. The van der Waals surface area contributed by atoms with E-state index in [0.717, 1.165) is 11.3 Å². The van der Waals surface area contributed by atoms with Crippen LogP contribution in [0.2, 0.25) is 0 Å². The molecule has 3 rings (SSSR count). The molecule has 0 aliphatic carbocycles. The number of benzene rings is 1. The monoisotopic (exact) mass is 477 g/mol. The van der Waals surface area contributed by atoms with Crippen LogP contribution >= 0.6 is 23.6 Å². The lowest BCUT2D eigenvalue weighted by Gasteiger charge is -2.26. The molecule has 170 valence electrons. The van der Waals surface area contributed by atoms with Gasteiger partial charge in [-0.05, 0) is 49.0 Å². The van der Waals surface area contributed by atoms with Crippen LogP contribution in [-0.4, -0.2) is 68.4 Å². The van der Waals surface area contributed by atoms with Gasteiger partial charge in [-0.3, -0.25) is 4.79 Å². The third-order valence-electron chi connectivity index (χ3n) is 4.82. The van der Waals surface area contributed by atoms with E-state index in [1.165, 1.54) is 14.2 Å². The van der Waals surface area contributed by atoms with Crippen molar-refractivity contribution in [3.8, 4) is 0 Å². The molecule has 1 saturated heterocycles. The van der Waals surface area contributed by atoms with Crippen molar-refractivity contribution in [2.24, 2.45) is 0 Å². The van der Waals surface area contributed by atoms with E-state index in [9.17, 15) is 14.4 Å². The molecule has 2 heterocycles. The Hall–Kier alpha value is -3.02. The molecular formula is C21H23N3O6S2. The number of carbonyl (C=O) groups is 3. The van der Waals surface area contributed by atoms with Gasteiger partial charge in [-0.15, -0.1) is 11.3 Å². The molecule has 0 spiro atoms. The number of hydrogen-bond acceptors (Lipinski definition) is 8. The standard InChI is InChI=1S/C21H23N3O6S2/c1-12-15(19(26)28-2)17(32-16(12)20(27)29-3)23-21(31)22-14-6-4-13(5-7-14)18(25)24-8-10-30-11-9-24/h4-7H,8-11H2,1-3H3,(H2,22,23,31). The number of rotatable bonds is 5. The fourth-order valence-corrected chi connectivity index (χ4v) is 4.55. The van der Waals surface area contributed by atoms with Crippen LogP contribution in [0.15, 0.2) is 24.3 Å². The number of amides is 1. The van der Waals surface area contributed by atoms with Crippen molar-refractivity contribution in [2.45, 2.75) is 6.92 Å². The van der Waals surface area contributed by atoms with E-state index < -0.39 is 11.9 Å². The molecule has 0 atom stereocenters. The van der Waals surface area contributed by atoms with Gasteiger partial charge in [-0.2, -0.15) is 0 Å². The number of thiocarbonyl (C=S) groups is 1. The highest BCUT2D eigenvalue weighted by molar-refractivity contribution is 7.80. The largest absolute Gasteiger partial charge is 0.465 e. The summed E-state index contributed by atoms with van der Waals surface area (Å²) in [7, 11) is 2.53. The van der Waals surface area contributed by atoms with E-state index in [-0.39, 0.29) is 21.5 Å². The predicted octanol–water partition coefficient (Wildman–Crippen LogP) is 2.91. The van der Waals surface area contributed by atoms with Crippen LogP contribution in [-0.2, 0) is 14.2 Å². The Labute approximate surface area is 194 Å². The minimum atomic E-state index is -0.592. The van der Waals surface area contributed by atoms with Gasteiger partial charge >= 0.3 is 11.9 Å². The molecule has 1 aromatic carbocycles. The van der Waals surface area contributed by atoms with Crippen molar-refractivity contribution >= 4 is 57.2 Å². The Morgan fingerprint density at radius 3 is 2.25 bits per heavy atom. The maximum Gasteiger partial charge on any atom is 0.348 e. The number of methoxy groups -OCH3 is 2. The number of morpholine rings is 1. The molecule has 32 heavy (non-hydrogen) atoms. The highest BCUT2D eigenvalue weighted by Gasteiger charge is 2.26. The molecule has 1 fully saturated rings. The molecule has 0 bridgehead atoms. The second-order valence-corrected chi connectivity index (χ2v) is 8.23. The highest BCUT2D eigenvalue weighted by Crippen LogP contribution is 2.34. The summed E-state index contributed by atoms with van der Waals surface area (Å²) in [6, 6.07) is 6.91. The van der Waals surface area contributed by atoms with E-state index in [1.54, 1.807) is 36.1 Å². The lowest BCUT2D eigenvalue weighted by atomic mass is 10.1. The van der Waals surface area contributed by atoms with E-state index >= 15 is 0 Å². The Bertz CT molecular complexity index is 1030.